The minimum atomic E-state index is -1.29. The average Bonchev–Trinajstić information content (AvgIpc) is 3.09. The summed E-state index contributed by atoms with van der Waals surface area (Å²) in [6.07, 6.45) is 1.62. The normalized spacial score (nSPS) is 24.9. The smallest absolute Gasteiger partial charge is 0.274 e. The SMILES string of the molecule is COc1c2n(cc(C(N)=O)c1=O)[C@@H]1CN(C2=O)[C@H](C)CC[C@@]12CC(=O)N(Cc1c(F)cc(F)cc1F)O2. The maximum absolute atomic E-state index is 14.3. The number of fused-ring (bicyclic) bond motifs is 5. The molecule has 13 heteroatoms. The van der Waals surface area contributed by atoms with Crippen LogP contribution >= 0.6 is 0 Å². The number of hydrogen-bond acceptors (Lipinski definition) is 6. The van der Waals surface area contributed by atoms with E-state index in [2.05, 4.69) is 0 Å². The van der Waals surface area contributed by atoms with Gasteiger partial charge in [0, 0.05) is 36.5 Å². The lowest BCUT2D eigenvalue weighted by Gasteiger charge is -2.42. The Labute approximate surface area is 208 Å². The molecule has 0 aliphatic carbocycles. The lowest BCUT2D eigenvalue weighted by molar-refractivity contribution is -0.218. The monoisotopic (exact) mass is 520 g/mol. The molecule has 37 heavy (non-hydrogen) atoms. The van der Waals surface area contributed by atoms with Crippen LogP contribution < -0.4 is 15.9 Å². The number of carbonyl (C=O) groups excluding carboxylic acids is 3. The molecule has 0 unspecified atom stereocenters. The van der Waals surface area contributed by atoms with Gasteiger partial charge in [-0.25, -0.2) is 18.2 Å². The third-order valence-electron chi connectivity index (χ3n) is 7.38. The molecule has 1 aromatic carbocycles. The van der Waals surface area contributed by atoms with E-state index in [-0.39, 0.29) is 36.9 Å². The van der Waals surface area contributed by atoms with Gasteiger partial charge in [0.05, 0.1) is 26.1 Å². The number of nitrogens with two attached hydrogens (primary N) is 1. The predicted octanol–water partition coefficient (Wildman–Crippen LogP) is 1.66. The number of rotatable bonds is 4. The fourth-order valence-corrected chi connectivity index (χ4v) is 5.44. The number of hydroxylamine groups is 2. The Kier molecular flexibility index (Phi) is 5.77. The Morgan fingerprint density at radius 1 is 1.22 bits per heavy atom. The van der Waals surface area contributed by atoms with Crippen LogP contribution in [0, 0.1) is 17.5 Å². The molecule has 2 bridgehead atoms. The molecule has 1 spiro atoms. The number of carbonyl (C=O) groups is 3. The highest BCUT2D eigenvalue weighted by atomic mass is 19.1. The van der Waals surface area contributed by atoms with Gasteiger partial charge < -0.3 is 19.9 Å². The number of aromatic nitrogens is 1. The molecule has 4 heterocycles. The number of primary amides is 1. The molecule has 3 aliphatic heterocycles. The third kappa shape index (κ3) is 3.76. The van der Waals surface area contributed by atoms with Crippen LogP contribution in [-0.2, 0) is 16.2 Å². The Balaban J connectivity index is 1.62. The first-order valence-corrected chi connectivity index (χ1v) is 11.5. The summed E-state index contributed by atoms with van der Waals surface area (Å²) in [5.74, 6) is -5.91. The van der Waals surface area contributed by atoms with Crippen molar-refractivity contribution < 1.29 is 37.1 Å². The summed E-state index contributed by atoms with van der Waals surface area (Å²) in [6, 6.07) is -0.0680. The van der Waals surface area contributed by atoms with E-state index in [1.807, 2.05) is 6.92 Å². The average molecular weight is 520 g/mol. The number of methoxy groups -OCH3 is 1. The lowest BCUT2D eigenvalue weighted by Crippen LogP contribution is -2.52. The molecule has 196 valence electrons. The van der Waals surface area contributed by atoms with Crippen LogP contribution in [0.15, 0.2) is 23.1 Å². The van der Waals surface area contributed by atoms with Crippen LogP contribution in [0.1, 0.15) is 58.6 Å². The maximum Gasteiger partial charge on any atom is 0.274 e. The van der Waals surface area contributed by atoms with Crippen molar-refractivity contribution in [1.29, 1.82) is 0 Å². The first-order chi connectivity index (χ1) is 17.5. The van der Waals surface area contributed by atoms with Crippen LogP contribution in [0.4, 0.5) is 13.2 Å². The molecule has 2 fully saturated rings. The molecular weight excluding hydrogens is 497 g/mol. The van der Waals surface area contributed by atoms with Gasteiger partial charge in [0.1, 0.15) is 28.6 Å². The highest BCUT2D eigenvalue weighted by Gasteiger charge is 2.56. The summed E-state index contributed by atoms with van der Waals surface area (Å²) in [6.45, 7) is 1.26. The second-order valence-corrected chi connectivity index (χ2v) is 9.50. The maximum atomic E-state index is 14.3. The number of amides is 3. The van der Waals surface area contributed by atoms with Crippen LogP contribution in [0.5, 0.6) is 5.75 Å². The van der Waals surface area contributed by atoms with E-state index in [1.165, 1.54) is 16.6 Å². The highest BCUT2D eigenvalue weighted by Crippen LogP contribution is 2.47. The molecular formula is C24H23F3N4O6. The molecule has 0 radical (unpaired) electrons. The van der Waals surface area contributed by atoms with E-state index in [4.69, 9.17) is 15.3 Å². The molecule has 3 atom stereocenters. The van der Waals surface area contributed by atoms with Crippen molar-refractivity contribution in [3.8, 4) is 5.75 Å². The van der Waals surface area contributed by atoms with E-state index in [0.717, 1.165) is 11.3 Å². The van der Waals surface area contributed by atoms with Crippen molar-refractivity contribution in [1.82, 2.24) is 14.5 Å². The van der Waals surface area contributed by atoms with Gasteiger partial charge in [-0.2, -0.15) is 0 Å². The summed E-state index contributed by atoms with van der Waals surface area (Å²) < 4.78 is 48.6. The summed E-state index contributed by atoms with van der Waals surface area (Å²) in [7, 11) is 1.19. The van der Waals surface area contributed by atoms with Gasteiger partial charge in [0.2, 0.25) is 11.3 Å². The van der Waals surface area contributed by atoms with Crippen LogP contribution in [0.3, 0.4) is 0 Å². The van der Waals surface area contributed by atoms with Crippen LogP contribution in [-0.4, -0.2) is 57.5 Å². The van der Waals surface area contributed by atoms with Crippen molar-refractivity contribution in [2.45, 2.75) is 50.4 Å². The molecule has 1 aromatic heterocycles. The molecule has 0 saturated carbocycles. The first kappa shape index (κ1) is 24.8. The fourth-order valence-electron chi connectivity index (χ4n) is 5.44. The first-order valence-electron chi connectivity index (χ1n) is 11.5. The largest absolute Gasteiger partial charge is 0.491 e. The van der Waals surface area contributed by atoms with Crippen molar-refractivity contribution in [3.05, 3.63) is 62.8 Å². The molecule has 3 aliphatic rings. The van der Waals surface area contributed by atoms with Crippen molar-refractivity contribution in [2.75, 3.05) is 13.7 Å². The number of halogens is 3. The Morgan fingerprint density at radius 3 is 2.51 bits per heavy atom. The number of ether oxygens (including phenoxy) is 1. The Bertz CT molecular complexity index is 1390. The Hall–Kier alpha value is -3.87. The topological polar surface area (TPSA) is 124 Å². The number of nitrogens with zero attached hydrogens (tertiary/aromatic N) is 3. The third-order valence-corrected chi connectivity index (χ3v) is 7.38. The summed E-state index contributed by atoms with van der Waals surface area (Å²) in [5, 5.41) is 0.824. The van der Waals surface area contributed by atoms with E-state index in [0.29, 0.717) is 18.6 Å². The van der Waals surface area contributed by atoms with Gasteiger partial charge in [-0.3, -0.25) is 24.0 Å². The van der Waals surface area contributed by atoms with Crippen molar-refractivity contribution >= 4 is 17.7 Å². The lowest BCUT2D eigenvalue weighted by atomic mass is 9.85. The van der Waals surface area contributed by atoms with Gasteiger partial charge >= 0.3 is 0 Å². The van der Waals surface area contributed by atoms with E-state index in [1.54, 1.807) is 0 Å². The number of benzene rings is 1. The van der Waals surface area contributed by atoms with E-state index in [9.17, 15) is 32.3 Å². The number of pyridine rings is 1. The van der Waals surface area contributed by atoms with Gasteiger partial charge in [0.15, 0.2) is 11.4 Å². The van der Waals surface area contributed by atoms with Gasteiger partial charge in [-0.05, 0) is 19.8 Å². The zero-order chi connectivity index (χ0) is 26.8. The molecule has 2 saturated heterocycles. The molecule has 5 rings (SSSR count). The number of hydrogen-bond donors (Lipinski definition) is 1. The van der Waals surface area contributed by atoms with E-state index < -0.39 is 69.9 Å². The zero-order valence-electron chi connectivity index (χ0n) is 19.9. The van der Waals surface area contributed by atoms with Crippen LogP contribution in [0.2, 0.25) is 0 Å². The standard InChI is InChI=1S/C24H23F3N4O6/c1-11-3-4-24(7-18(32)31(37-24)9-13-15(26)5-12(25)6-16(13)27)17-10-29(11)23(35)19-21(36-2)20(33)14(22(28)34)8-30(17)19/h5-6,8,11,17H,3-4,7,9-10H2,1-2H3,(H2,28,34)/t11-,17-,24-/m1/s1. The molecule has 3 amide bonds. The van der Waals surface area contributed by atoms with Crippen LogP contribution in [0.25, 0.3) is 0 Å². The van der Waals surface area contributed by atoms with Gasteiger partial charge in [-0.1, -0.05) is 0 Å². The minimum Gasteiger partial charge on any atom is -0.491 e. The zero-order valence-corrected chi connectivity index (χ0v) is 19.9. The van der Waals surface area contributed by atoms with Gasteiger partial charge in [0.25, 0.3) is 11.8 Å². The summed E-state index contributed by atoms with van der Waals surface area (Å²) >= 11 is 0. The summed E-state index contributed by atoms with van der Waals surface area (Å²) in [5.41, 5.74) is 2.19. The second kappa shape index (κ2) is 8.61. The summed E-state index contributed by atoms with van der Waals surface area (Å²) in [4.78, 5) is 59.0. The molecule has 10 nitrogen and oxygen atoms in total. The fraction of sp³-hybridized carbons (Fsp3) is 0.417. The minimum absolute atomic E-state index is 0.0671. The quantitative estimate of drug-likeness (QED) is 0.654. The Morgan fingerprint density at radius 2 is 1.89 bits per heavy atom. The highest BCUT2D eigenvalue weighted by molar-refractivity contribution is 5.99. The second-order valence-electron chi connectivity index (χ2n) is 9.50. The molecule has 2 N–H and O–H groups in total. The predicted molar refractivity (Wildman–Crippen MR) is 120 cm³/mol. The van der Waals surface area contributed by atoms with Gasteiger partial charge in [-0.15, -0.1) is 0 Å². The molecule has 2 aromatic rings. The van der Waals surface area contributed by atoms with E-state index >= 15 is 0 Å². The van der Waals surface area contributed by atoms with Crippen molar-refractivity contribution in [3.63, 3.8) is 0 Å². The van der Waals surface area contributed by atoms with Crippen molar-refractivity contribution in [2.24, 2.45) is 5.73 Å².